The molecule has 0 spiro atoms. The summed E-state index contributed by atoms with van der Waals surface area (Å²) in [5, 5.41) is 14.8. The minimum Gasteiger partial charge on any atom is -0.481 e. The van der Waals surface area contributed by atoms with Crippen LogP contribution in [0, 0.1) is 5.92 Å². The highest BCUT2D eigenvalue weighted by Crippen LogP contribution is 2.09. The zero-order valence-electron chi connectivity index (χ0n) is 11.5. The van der Waals surface area contributed by atoms with E-state index >= 15 is 0 Å². The van der Waals surface area contributed by atoms with Gasteiger partial charge in [-0.3, -0.25) is 4.79 Å². The monoisotopic (exact) mass is 298 g/mol. The van der Waals surface area contributed by atoms with Crippen molar-refractivity contribution in [1.29, 1.82) is 0 Å². The summed E-state index contributed by atoms with van der Waals surface area (Å²) in [6.07, 6.45) is -0.0912. The smallest absolute Gasteiger partial charge is 0.315 e. The first-order chi connectivity index (χ1) is 9.38. The van der Waals surface area contributed by atoms with Crippen LogP contribution >= 0.6 is 11.6 Å². The van der Waals surface area contributed by atoms with Gasteiger partial charge in [0.15, 0.2) is 0 Å². The number of aliphatic carboxylic acids is 1. The quantitative estimate of drug-likeness (QED) is 0.755. The van der Waals surface area contributed by atoms with Crippen molar-refractivity contribution in [3.05, 3.63) is 34.9 Å². The normalized spacial score (nSPS) is 12.0. The first kappa shape index (κ1) is 16.3. The number of rotatable bonds is 6. The number of urea groups is 1. The van der Waals surface area contributed by atoms with Crippen LogP contribution in [0.2, 0.25) is 5.02 Å². The number of carbonyl (C=O) groups is 2. The second kappa shape index (κ2) is 7.75. The van der Waals surface area contributed by atoms with E-state index in [2.05, 4.69) is 10.6 Å². The van der Waals surface area contributed by atoms with Crippen molar-refractivity contribution in [3.63, 3.8) is 0 Å². The van der Waals surface area contributed by atoms with E-state index in [-0.39, 0.29) is 18.4 Å². The molecule has 110 valence electrons. The fraction of sp³-hybridized carbons (Fsp3) is 0.429. The molecule has 0 aliphatic rings. The van der Waals surface area contributed by atoms with Gasteiger partial charge in [0.2, 0.25) is 0 Å². The molecule has 1 unspecified atom stereocenters. The largest absolute Gasteiger partial charge is 0.481 e. The van der Waals surface area contributed by atoms with Gasteiger partial charge in [0.25, 0.3) is 0 Å². The molecular formula is C14H19ClN2O3. The third-order valence-corrected chi connectivity index (χ3v) is 3.13. The summed E-state index contributed by atoms with van der Waals surface area (Å²) < 4.78 is 0. The maximum Gasteiger partial charge on any atom is 0.315 e. The van der Waals surface area contributed by atoms with Crippen molar-refractivity contribution in [2.75, 3.05) is 0 Å². The number of nitrogens with one attached hydrogen (secondary N) is 2. The lowest BCUT2D eigenvalue weighted by Crippen LogP contribution is -2.45. The van der Waals surface area contributed by atoms with Crippen molar-refractivity contribution < 1.29 is 14.7 Å². The summed E-state index contributed by atoms with van der Waals surface area (Å²) in [6, 6.07) is 6.37. The van der Waals surface area contributed by atoms with Gasteiger partial charge in [-0.15, -0.1) is 0 Å². The minimum atomic E-state index is -0.929. The van der Waals surface area contributed by atoms with Gasteiger partial charge >= 0.3 is 12.0 Å². The molecule has 1 aromatic carbocycles. The maximum atomic E-state index is 11.7. The Hall–Kier alpha value is -1.75. The van der Waals surface area contributed by atoms with Crippen molar-refractivity contribution in [2.24, 2.45) is 5.92 Å². The van der Waals surface area contributed by atoms with E-state index < -0.39 is 12.0 Å². The van der Waals surface area contributed by atoms with Crippen LogP contribution in [0.1, 0.15) is 25.8 Å². The highest BCUT2D eigenvalue weighted by Gasteiger charge is 2.19. The SMILES string of the molecule is CC(C)C(CC(=O)O)NC(=O)NCc1ccc(Cl)cc1. The number of benzene rings is 1. The standard InChI is InChI=1S/C14H19ClN2O3/c1-9(2)12(7-13(18)19)17-14(20)16-8-10-3-5-11(15)6-4-10/h3-6,9,12H,7-8H2,1-2H3,(H,18,19)(H2,16,17,20). The average molecular weight is 299 g/mol. The molecule has 6 heteroatoms. The molecule has 0 radical (unpaired) electrons. The summed E-state index contributed by atoms with van der Waals surface area (Å²) in [7, 11) is 0. The average Bonchev–Trinajstić information content (AvgIpc) is 2.36. The molecule has 20 heavy (non-hydrogen) atoms. The van der Waals surface area contributed by atoms with Crippen LogP contribution in [-0.4, -0.2) is 23.1 Å². The van der Waals surface area contributed by atoms with Crippen LogP contribution in [0.25, 0.3) is 0 Å². The van der Waals surface area contributed by atoms with E-state index in [1.807, 2.05) is 26.0 Å². The van der Waals surface area contributed by atoms with Crippen molar-refractivity contribution in [1.82, 2.24) is 10.6 Å². The molecule has 0 bridgehead atoms. The van der Waals surface area contributed by atoms with Gasteiger partial charge in [-0.25, -0.2) is 4.79 Å². The predicted octanol–water partition coefficient (Wildman–Crippen LogP) is 2.64. The molecule has 3 N–H and O–H groups in total. The van der Waals surface area contributed by atoms with Gasteiger partial charge in [0, 0.05) is 17.6 Å². The Morgan fingerprint density at radius 1 is 1.25 bits per heavy atom. The molecule has 1 aromatic rings. The summed E-state index contributed by atoms with van der Waals surface area (Å²) in [5.41, 5.74) is 0.920. The number of halogens is 1. The second-order valence-electron chi connectivity index (χ2n) is 4.90. The predicted molar refractivity (Wildman–Crippen MR) is 77.7 cm³/mol. The van der Waals surface area contributed by atoms with Gasteiger partial charge < -0.3 is 15.7 Å². The van der Waals surface area contributed by atoms with Crippen LogP contribution in [0.4, 0.5) is 4.79 Å². The van der Waals surface area contributed by atoms with E-state index in [0.29, 0.717) is 11.6 Å². The number of carboxylic acids is 1. The molecule has 0 saturated carbocycles. The number of hydrogen-bond acceptors (Lipinski definition) is 2. The van der Waals surface area contributed by atoms with E-state index in [1.165, 1.54) is 0 Å². The Bertz CT molecular complexity index is 460. The van der Waals surface area contributed by atoms with Crippen molar-refractivity contribution in [3.8, 4) is 0 Å². The van der Waals surface area contributed by atoms with Crippen LogP contribution in [0.15, 0.2) is 24.3 Å². The maximum absolute atomic E-state index is 11.7. The van der Waals surface area contributed by atoms with E-state index in [0.717, 1.165) is 5.56 Å². The summed E-state index contributed by atoms with van der Waals surface area (Å²) in [5.74, 6) is -0.880. The Kier molecular flexibility index (Phi) is 6.31. The number of carbonyl (C=O) groups excluding carboxylic acids is 1. The van der Waals surface area contributed by atoms with E-state index in [4.69, 9.17) is 16.7 Å². The molecule has 0 aliphatic carbocycles. The second-order valence-corrected chi connectivity index (χ2v) is 5.34. The zero-order chi connectivity index (χ0) is 15.1. The van der Waals surface area contributed by atoms with Gasteiger partial charge in [0.1, 0.15) is 0 Å². The molecule has 5 nitrogen and oxygen atoms in total. The Labute approximate surface area is 123 Å². The zero-order valence-corrected chi connectivity index (χ0v) is 12.3. The molecule has 0 aromatic heterocycles. The molecule has 0 fully saturated rings. The van der Waals surface area contributed by atoms with Crippen LogP contribution in [0.3, 0.4) is 0 Å². The Balaban J connectivity index is 2.45. The third-order valence-electron chi connectivity index (χ3n) is 2.88. The molecule has 0 saturated heterocycles. The topological polar surface area (TPSA) is 78.4 Å². The highest BCUT2D eigenvalue weighted by molar-refractivity contribution is 6.30. The molecule has 1 rings (SSSR count). The molecule has 2 amide bonds. The van der Waals surface area contributed by atoms with Crippen molar-refractivity contribution in [2.45, 2.75) is 32.9 Å². The first-order valence-corrected chi connectivity index (χ1v) is 6.77. The molecule has 1 atom stereocenters. The minimum absolute atomic E-state index is 0.0485. The van der Waals surface area contributed by atoms with E-state index in [9.17, 15) is 9.59 Å². The van der Waals surface area contributed by atoms with E-state index in [1.54, 1.807) is 12.1 Å². The number of carboxylic acid groups (broad SMARTS) is 1. The lowest BCUT2D eigenvalue weighted by Gasteiger charge is -2.20. The Morgan fingerprint density at radius 2 is 1.85 bits per heavy atom. The summed E-state index contributed by atoms with van der Waals surface area (Å²) >= 11 is 5.77. The van der Waals surface area contributed by atoms with Gasteiger partial charge in [-0.1, -0.05) is 37.6 Å². The number of amides is 2. The van der Waals surface area contributed by atoms with Gasteiger partial charge in [-0.05, 0) is 23.6 Å². The Morgan fingerprint density at radius 3 is 2.35 bits per heavy atom. The summed E-state index contributed by atoms with van der Waals surface area (Å²) in [4.78, 5) is 22.5. The summed E-state index contributed by atoms with van der Waals surface area (Å²) in [6.45, 7) is 4.10. The lowest BCUT2D eigenvalue weighted by molar-refractivity contribution is -0.137. The molecular weight excluding hydrogens is 280 g/mol. The highest BCUT2D eigenvalue weighted by atomic mass is 35.5. The fourth-order valence-corrected chi connectivity index (χ4v) is 1.77. The van der Waals surface area contributed by atoms with Crippen LogP contribution < -0.4 is 10.6 Å². The van der Waals surface area contributed by atoms with Crippen molar-refractivity contribution >= 4 is 23.6 Å². The molecule has 0 heterocycles. The van der Waals surface area contributed by atoms with Gasteiger partial charge in [0.05, 0.1) is 6.42 Å². The number of hydrogen-bond donors (Lipinski definition) is 3. The lowest BCUT2D eigenvalue weighted by atomic mass is 10.0. The molecule has 0 aliphatic heterocycles. The van der Waals surface area contributed by atoms with Crippen LogP contribution in [-0.2, 0) is 11.3 Å². The van der Waals surface area contributed by atoms with Crippen LogP contribution in [0.5, 0.6) is 0 Å². The first-order valence-electron chi connectivity index (χ1n) is 6.39. The third kappa shape index (κ3) is 5.93. The fourth-order valence-electron chi connectivity index (χ4n) is 1.65. The van der Waals surface area contributed by atoms with Gasteiger partial charge in [-0.2, -0.15) is 0 Å².